The van der Waals surface area contributed by atoms with Crippen molar-refractivity contribution in [1.29, 1.82) is 0 Å². The van der Waals surface area contributed by atoms with Crippen LogP contribution >= 0.6 is 0 Å². The Morgan fingerprint density at radius 3 is 2.92 bits per heavy atom. The van der Waals surface area contributed by atoms with Crippen LogP contribution in [0, 0.1) is 0 Å². The van der Waals surface area contributed by atoms with E-state index in [1.807, 2.05) is 35.2 Å². The predicted octanol–water partition coefficient (Wildman–Crippen LogP) is 2.73. The summed E-state index contributed by atoms with van der Waals surface area (Å²) in [6.07, 6.45) is 7.45. The van der Waals surface area contributed by atoms with Gasteiger partial charge in [0.15, 0.2) is 0 Å². The fourth-order valence-corrected chi connectivity index (χ4v) is 4.43. The van der Waals surface area contributed by atoms with Gasteiger partial charge in [-0.05, 0) is 36.5 Å². The van der Waals surface area contributed by atoms with Crippen molar-refractivity contribution in [2.24, 2.45) is 0 Å². The Balaban J connectivity index is 1.58. The van der Waals surface area contributed by atoms with E-state index >= 15 is 0 Å². The monoisotopic (exact) mass is 340 g/mol. The minimum absolute atomic E-state index is 0.0377. The molecule has 2 fully saturated rings. The van der Waals surface area contributed by atoms with Crippen LogP contribution in [-0.2, 0) is 14.3 Å². The average Bonchev–Trinajstić information content (AvgIpc) is 3.10. The van der Waals surface area contributed by atoms with Crippen molar-refractivity contribution >= 4 is 17.9 Å². The Morgan fingerprint density at radius 1 is 1.24 bits per heavy atom. The number of hydrogen-bond donors (Lipinski definition) is 0. The van der Waals surface area contributed by atoms with Gasteiger partial charge in [0, 0.05) is 19.7 Å². The number of ether oxygens (including phenoxy) is 1. The van der Waals surface area contributed by atoms with E-state index in [1.54, 1.807) is 18.0 Å². The molecule has 25 heavy (non-hydrogen) atoms. The summed E-state index contributed by atoms with van der Waals surface area (Å²) in [4.78, 5) is 28.9. The smallest absolute Gasteiger partial charge is 0.225 e. The first kappa shape index (κ1) is 16.3. The van der Waals surface area contributed by atoms with E-state index in [0.29, 0.717) is 19.6 Å². The van der Waals surface area contributed by atoms with Crippen LogP contribution in [0.15, 0.2) is 30.5 Å². The number of morpholine rings is 1. The van der Waals surface area contributed by atoms with Crippen molar-refractivity contribution in [1.82, 2.24) is 9.80 Å². The standard InChI is InChI=1S/C20H24N2O3/c1-14(23)21-10-9-15-5-2-3-6-16(15)18(21)13-20(24)22-11-12-25-19-8-4-7-17(19)22/h2-3,5-6,9-10,17-19H,4,7-8,11-13H2,1H3/t17-,18-,19-/m0/s1. The van der Waals surface area contributed by atoms with Gasteiger partial charge < -0.3 is 14.5 Å². The van der Waals surface area contributed by atoms with E-state index in [-0.39, 0.29) is 30.0 Å². The highest BCUT2D eigenvalue weighted by atomic mass is 16.5. The van der Waals surface area contributed by atoms with Crippen LogP contribution < -0.4 is 0 Å². The zero-order valence-corrected chi connectivity index (χ0v) is 14.6. The van der Waals surface area contributed by atoms with Crippen LogP contribution in [0.1, 0.15) is 49.8 Å². The maximum absolute atomic E-state index is 13.1. The van der Waals surface area contributed by atoms with Gasteiger partial charge in [-0.1, -0.05) is 24.3 Å². The lowest BCUT2D eigenvalue weighted by molar-refractivity contribution is -0.145. The molecule has 132 valence electrons. The maximum atomic E-state index is 13.1. The Labute approximate surface area is 148 Å². The minimum atomic E-state index is -0.228. The highest BCUT2D eigenvalue weighted by Gasteiger charge is 2.39. The largest absolute Gasteiger partial charge is 0.374 e. The van der Waals surface area contributed by atoms with E-state index in [0.717, 1.165) is 30.4 Å². The summed E-state index contributed by atoms with van der Waals surface area (Å²) in [7, 11) is 0. The molecule has 0 N–H and O–H groups in total. The number of fused-ring (bicyclic) bond motifs is 2. The molecule has 5 heteroatoms. The number of nitrogens with zero attached hydrogens (tertiary/aromatic N) is 2. The fraction of sp³-hybridized carbons (Fsp3) is 0.500. The summed E-state index contributed by atoms with van der Waals surface area (Å²) in [5, 5.41) is 0. The number of amides is 2. The SMILES string of the molecule is CC(=O)N1C=Cc2ccccc2[C@@H]1CC(=O)N1CCO[C@H]2CCC[C@@H]21. The lowest BCUT2D eigenvalue weighted by Gasteiger charge is -2.39. The van der Waals surface area contributed by atoms with Crippen LogP contribution in [0.25, 0.3) is 6.08 Å². The van der Waals surface area contributed by atoms with Crippen LogP contribution in [0.5, 0.6) is 0 Å². The molecule has 2 aliphatic heterocycles. The molecule has 0 aromatic heterocycles. The molecule has 1 aromatic carbocycles. The summed E-state index contributed by atoms with van der Waals surface area (Å²) < 4.78 is 5.82. The third-order valence-electron chi connectivity index (χ3n) is 5.64. The molecule has 3 atom stereocenters. The molecule has 4 rings (SSSR count). The normalized spacial score (nSPS) is 27.8. The molecule has 3 aliphatic rings. The first-order valence-electron chi connectivity index (χ1n) is 9.12. The van der Waals surface area contributed by atoms with Gasteiger partial charge in [-0.2, -0.15) is 0 Å². The number of hydrogen-bond acceptors (Lipinski definition) is 3. The maximum Gasteiger partial charge on any atom is 0.225 e. The molecule has 1 saturated heterocycles. The summed E-state index contributed by atoms with van der Waals surface area (Å²) in [6, 6.07) is 7.98. The Kier molecular flexibility index (Phi) is 4.34. The topological polar surface area (TPSA) is 49.9 Å². The van der Waals surface area contributed by atoms with Gasteiger partial charge >= 0.3 is 0 Å². The van der Waals surface area contributed by atoms with Crippen LogP contribution in [0.2, 0.25) is 0 Å². The first-order chi connectivity index (χ1) is 12.1. The Morgan fingerprint density at radius 2 is 2.08 bits per heavy atom. The molecule has 1 aliphatic carbocycles. The van der Waals surface area contributed by atoms with Crippen molar-refractivity contribution in [2.45, 2.75) is 50.8 Å². The molecule has 2 heterocycles. The van der Waals surface area contributed by atoms with Gasteiger partial charge in [-0.15, -0.1) is 0 Å². The molecule has 0 unspecified atom stereocenters. The van der Waals surface area contributed by atoms with Gasteiger partial charge in [0.1, 0.15) is 0 Å². The van der Waals surface area contributed by atoms with Gasteiger partial charge in [0.2, 0.25) is 11.8 Å². The van der Waals surface area contributed by atoms with Crippen molar-refractivity contribution in [3.8, 4) is 0 Å². The number of rotatable bonds is 2. The van der Waals surface area contributed by atoms with Crippen molar-refractivity contribution in [3.63, 3.8) is 0 Å². The lowest BCUT2D eigenvalue weighted by Crippen LogP contribution is -2.52. The quantitative estimate of drug-likeness (QED) is 0.832. The zero-order chi connectivity index (χ0) is 17.4. The van der Waals surface area contributed by atoms with Crippen LogP contribution in [0.3, 0.4) is 0 Å². The van der Waals surface area contributed by atoms with Crippen LogP contribution in [-0.4, -0.2) is 46.9 Å². The van der Waals surface area contributed by atoms with E-state index in [4.69, 9.17) is 4.74 Å². The van der Waals surface area contributed by atoms with Gasteiger partial charge in [-0.3, -0.25) is 9.59 Å². The van der Waals surface area contributed by atoms with E-state index in [1.165, 1.54) is 0 Å². The van der Waals surface area contributed by atoms with Gasteiger partial charge in [0.25, 0.3) is 0 Å². The summed E-state index contributed by atoms with van der Waals surface area (Å²) in [5.41, 5.74) is 2.13. The molecule has 1 aromatic rings. The third-order valence-corrected chi connectivity index (χ3v) is 5.64. The second kappa shape index (κ2) is 6.64. The van der Waals surface area contributed by atoms with E-state index in [9.17, 15) is 9.59 Å². The highest BCUT2D eigenvalue weighted by Crippen LogP contribution is 2.35. The molecule has 0 radical (unpaired) electrons. The molecular weight excluding hydrogens is 316 g/mol. The van der Waals surface area contributed by atoms with Crippen molar-refractivity contribution < 1.29 is 14.3 Å². The fourth-order valence-electron chi connectivity index (χ4n) is 4.43. The summed E-state index contributed by atoms with van der Waals surface area (Å²) in [5.74, 6) is 0.0887. The van der Waals surface area contributed by atoms with Gasteiger partial charge in [0.05, 0.1) is 31.2 Å². The Bertz CT molecular complexity index is 715. The lowest BCUT2D eigenvalue weighted by atomic mass is 9.93. The summed E-state index contributed by atoms with van der Waals surface area (Å²) >= 11 is 0. The molecule has 5 nitrogen and oxygen atoms in total. The Hall–Kier alpha value is -2.14. The molecule has 0 bridgehead atoms. The van der Waals surface area contributed by atoms with Crippen molar-refractivity contribution in [3.05, 3.63) is 41.6 Å². The molecule has 0 spiro atoms. The predicted molar refractivity (Wildman–Crippen MR) is 94.4 cm³/mol. The van der Waals surface area contributed by atoms with Crippen LogP contribution in [0.4, 0.5) is 0 Å². The second-order valence-electron chi connectivity index (χ2n) is 7.09. The molecular formula is C20H24N2O3. The highest BCUT2D eigenvalue weighted by molar-refractivity contribution is 5.82. The van der Waals surface area contributed by atoms with E-state index < -0.39 is 0 Å². The molecule has 2 amide bonds. The summed E-state index contributed by atoms with van der Waals surface area (Å²) in [6.45, 7) is 2.83. The first-order valence-corrected chi connectivity index (χ1v) is 9.12. The van der Waals surface area contributed by atoms with Crippen molar-refractivity contribution in [2.75, 3.05) is 13.2 Å². The van der Waals surface area contributed by atoms with E-state index in [2.05, 4.69) is 0 Å². The zero-order valence-electron chi connectivity index (χ0n) is 14.6. The number of carbonyl (C=O) groups excluding carboxylic acids is 2. The second-order valence-corrected chi connectivity index (χ2v) is 7.09. The molecule has 1 saturated carbocycles. The average molecular weight is 340 g/mol. The number of benzene rings is 1. The van der Waals surface area contributed by atoms with Gasteiger partial charge in [-0.25, -0.2) is 0 Å². The minimum Gasteiger partial charge on any atom is -0.374 e. The third kappa shape index (κ3) is 2.97. The number of carbonyl (C=O) groups is 2.